The van der Waals surface area contributed by atoms with Crippen LogP contribution in [0.15, 0.2) is 18.3 Å². The molecule has 3 heterocycles. The molecule has 3 aliphatic rings. The number of ether oxygens (including phenoxy) is 1. The average Bonchev–Trinajstić information content (AvgIpc) is 3.31. The number of rotatable bonds is 5. The van der Waals surface area contributed by atoms with Gasteiger partial charge >= 0.3 is 0 Å². The molecule has 0 amide bonds. The van der Waals surface area contributed by atoms with Gasteiger partial charge in [-0.2, -0.15) is 5.26 Å². The van der Waals surface area contributed by atoms with Crippen molar-refractivity contribution in [2.45, 2.75) is 24.0 Å². The predicted molar refractivity (Wildman–Crippen MR) is 88.2 cm³/mol. The van der Waals surface area contributed by atoms with Crippen molar-refractivity contribution in [3.05, 3.63) is 23.9 Å². The van der Waals surface area contributed by atoms with E-state index in [-0.39, 0.29) is 11.7 Å². The summed E-state index contributed by atoms with van der Waals surface area (Å²) in [6, 6.07) is 5.33. The Labute approximate surface area is 142 Å². The Morgan fingerprint density at radius 1 is 1.33 bits per heavy atom. The number of nitriles is 1. The van der Waals surface area contributed by atoms with Crippen LogP contribution in [0.25, 0.3) is 0 Å². The van der Waals surface area contributed by atoms with Crippen molar-refractivity contribution in [2.75, 3.05) is 32.0 Å². The van der Waals surface area contributed by atoms with Gasteiger partial charge in [-0.3, -0.25) is 4.90 Å². The predicted octanol–water partition coefficient (Wildman–Crippen LogP) is 1.23. The molecular formula is C17H21N3O3S. The van der Waals surface area contributed by atoms with Gasteiger partial charge in [0.1, 0.15) is 10.8 Å². The van der Waals surface area contributed by atoms with E-state index < -0.39 is 14.6 Å². The molecule has 4 rings (SSSR count). The third kappa shape index (κ3) is 2.68. The van der Waals surface area contributed by atoms with Crippen molar-refractivity contribution in [1.29, 1.82) is 5.26 Å². The highest BCUT2D eigenvalue weighted by Crippen LogP contribution is 2.46. The topological polar surface area (TPSA) is 83.3 Å². The molecule has 7 heteroatoms. The first kappa shape index (κ1) is 15.9. The molecule has 1 aromatic heterocycles. The van der Waals surface area contributed by atoms with Crippen molar-refractivity contribution in [2.24, 2.45) is 11.8 Å². The van der Waals surface area contributed by atoms with E-state index >= 15 is 0 Å². The molecule has 1 spiro atoms. The summed E-state index contributed by atoms with van der Waals surface area (Å²) >= 11 is 0. The summed E-state index contributed by atoms with van der Waals surface area (Å²) in [7, 11) is -3.05. The second kappa shape index (κ2) is 5.71. The monoisotopic (exact) mass is 347 g/mol. The fourth-order valence-corrected chi connectivity index (χ4v) is 6.38. The number of hydrogen-bond acceptors (Lipinski definition) is 6. The van der Waals surface area contributed by atoms with E-state index in [1.807, 2.05) is 6.07 Å². The Morgan fingerprint density at radius 3 is 2.75 bits per heavy atom. The van der Waals surface area contributed by atoms with Gasteiger partial charge in [-0.25, -0.2) is 13.4 Å². The molecule has 128 valence electrons. The average molecular weight is 347 g/mol. The summed E-state index contributed by atoms with van der Waals surface area (Å²) in [6.07, 6.45) is 4.70. The molecular weight excluding hydrogens is 326 g/mol. The van der Waals surface area contributed by atoms with Gasteiger partial charge in [-0.15, -0.1) is 0 Å². The number of sulfone groups is 1. The summed E-state index contributed by atoms with van der Waals surface area (Å²) in [6.45, 7) is 2.72. The molecule has 0 N–H and O–H groups in total. The van der Waals surface area contributed by atoms with E-state index in [0.717, 1.165) is 12.5 Å². The minimum absolute atomic E-state index is 0.0235. The molecule has 6 nitrogen and oxygen atoms in total. The number of pyridine rings is 1. The minimum atomic E-state index is -3.05. The molecule has 2 aliphatic heterocycles. The molecule has 0 radical (unpaired) electrons. The maximum Gasteiger partial charge on any atom is 0.213 e. The molecule has 0 aromatic carbocycles. The SMILES string of the molecule is N#Cc1ccc(OCC2CCS(=O)(=O)C23CN(CC2CC2)C3)nc1. The molecule has 1 aliphatic carbocycles. The van der Waals surface area contributed by atoms with Crippen LogP contribution >= 0.6 is 0 Å². The van der Waals surface area contributed by atoms with Gasteiger partial charge in [0, 0.05) is 37.8 Å². The van der Waals surface area contributed by atoms with Crippen LogP contribution in [0, 0.1) is 23.2 Å². The molecule has 2 saturated heterocycles. The zero-order valence-electron chi connectivity index (χ0n) is 13.5. The molecule has 3 fully saturated rings. The van der Waals surface area contributed by atoms with Gasteiger partial charge in [0.15, 0.2) is 9.84 Å². The molecule has 24 heavy (non-hydrogen) atoms. The molecule has 1 saturated carbocycles. The van der Waals surface area contributed by atoms with Gasteiger partial charge < -0.3 is 4.74 Å². The molecule has 1 atom stereocenters. The largest absolute Gasteiger partial charge is 0.477 e. The Kier molecular flexibility index (Phi) is 3.77. The molecule has 1 unspecified atom stereocenters. The summed E-state index contributed by atoms with van der Waals surface area (Å²) in [5.41, 5.74) is 0.483. The van der Waals surface area contributed by atoms with Gasteiger partial charge in [-0.05, 0) is 31.2 Å². The Bertz CT molecular complexity index is 759. The number of nitrogens with zero attached hydrogens (tertiary/aromatic N) is 3. The number of aromatic nitrogens is 1. The van der Waals surface area contributed by atoms with E-state index in [4.69, 9.17) is 10.00 Å². The summed E-state index contributed by atoms with van der Waals surface area (Å²) in [5, 5.41) is 8.79. The zero-order valence-corrected chi connectivity index (χ0v) is 14.3. The third-order valence-electron chi connectivity index (χ3n) is 5.59. The number of likely N-dealkylation sites (tertiary alicyclic amines) is 1. The lowest BCUT2D eigenvalue weighted by Gasteiger charge is -2.50. The van der Waals surface area contributed by atoms with Crippen molar-refractivity contribution < 1.29 is 13.2 Å². The van der Waals surface area contributed by atoms with Crippen LogP contribution in [-0.4, -0.2) is 55.0 Å². The lowest BCUT2D eigenvalue weighted by molar-refractivity contribution is 0.0605. The lowest BCUT2D eigenvalue weighted by Crippen LogP contribution is -2.67. The van der Waals surface area contributed by atoms with Gasteiger partial charge in [-0.1, -0.05) is 0 Å². The van der Waals surface area contributed by atoms with Gasteiger partial charge in [0.2, 0.25) is 5.88 Å². The molecule has 1 aromatic rings. The van der Waals surface area contributed by atoms with Gasteiger partial charge in [0.25, 0.3) is 0 Å². The Morgan fingerprint density at radius 2 is 2.12 bits per heavy atom. The van der Waals surface area contributed by atoms with Crippen LogP contribution in [0.3, 0.4) is 0 Å². The minimum Gasteiger partial charge on any atom is -0.477 e. The first-order valence-corrected chi connectivity index (χ1v) is 10.1. The second-order valence-corrected chi connectivity index (χ2v) is 9.74. The van der Waals surface area contributed by atoms with Gasteiger partial charge in [0.05, 0.1) is 17.9 Å². The number of hydrogen-bond donors (Lipinski definition) is 0. The lowest BCUT2D eigenvalue weighted by atomic mass is 9.83. The highest BCUT2D eigenvalue weighted by atomic mass is 32.2. The summed E-state index contributed by atoms with van der Waals surface area (Å²) in [4.78, 5) is 6.38. The third-order valence-corrected chi connectivity index (χ3v) is 8.20. The first-order chi connectivity index (χ1) is 11.5. The van der Waals surface area contributed by atoms with Crippen LogP contribution in [0.4, 0.5) is 0 Å². The van der Waals surface area contributed by atoms with Crippen LogP contribution < -0.4 is 4.74 Å². The van der Waals surface area contributed by atoms with Crippen molar-refractivity contribution in [1.82, 2.24) is 9.88 Å². The van der Waals surface area contributed by atoms with Crippen molar-refractivity contribution in [3.8, 4) is 11.9 Å². The standard InChI is InChI=1S/C17H21N3O3S/c18-7-14-3-4-16(19-8-14)23-10-15-5-6-24(21,22)17(15)11-20(12-17)9-13-1-2-13/h3-4,8,13,15H,1-2,5-6,9-12H2. The van der Waals surface area contributed by atoms with Crippen molar-refractivity contribution in [3.63, 3.8) is 0 Å². The van der Waals surface area contributed by atoms with E-state index in [2.05, 4.69) is 9.88 Å². The fourth-order valence-electron chi connectivity index (χ4n) is 3.93. The zero-order chi connectivity index (χ0) is 16.8. The van der Waals surface area contributed by atoms with Crippen LogP contribution in [0.1, 0.15) is 24.8 Å². The van der Waals surface area contributed by atoms with Crippen LogP contribution in [0.5, 0.6) is 5.88 Å². The van der Waals surface area contributed by atoms with E-state index in [9.17, 15) is 8.42 Å². The Balaban J connectivity index is 1.41. The maximum atomic E-state index is 12.6. The highest BCUT2D eigenvalue weighted by molar-refractivity contribution is 7.93. The van der Waals surface area contributed by atoms with E-state index in [1.54, 1.807) is 12.1 Å². The first-order valence-electron chi connectivity index (χ1n) is 8.46. The summed E-state index contributed by atoms with van der Waals surface area (Å²) in [5.74, 6) is 1.51. The molecule has 0 bridgehead atoms. The smallest absolute Gasteiger partial charge is 0.213 e. The summed E-state index contributed by atoms with van der Waals surface area (Å²) < 4.78 is 30.3. The van der Waals surface area contributed by atoms with Crippen LogP contribution in [-0.2, 0) is 9.84 Å². The van der Waals surface area contributed by atoms with Crippen molar-refractivity contribution >= 4 is 9.84 Å². The Hall–Kier alpha value is -1.65. The normalized spacial score (nSPS) is 27.5. The maximum absolute atomic E-state index is 12.6. The fraction of sp³-hybridized carbons (Fsp3) is 0.647. The van der Waals surface area contributed by atoms with Crippen LogP contribution in [0.2, 0.25) is 0 Å². The highest BCUT2D eigenvalue weighted by Gasteiger charge is 2.61. The quantitative estimate of drug-likeness (QED) is 0.797. The van der Waals surface area contributed by atoms with E-state index in [0.29, 0.717) is 37.6 Å². The van der Waals surface area contributed by atoms with E-state index in [1.165, 1.54) is 19.0 Å². The second-order valence-electron chi connectivity index (χ2n) is 7.29.